The van der Waals surface area contributed by atoms with Crippen LogP contribution in [0.15, 0.2) is 44.9 Å². The van der Waals surface area contributed by atoms with Crippen LogP contribution in [-0.2, 0) is 0 Å². The van der Waals surface area contributed by atoms with Gasteiger partial charge in [-0.25, -0.2) is 9.38 Å². The van der Waals surface area contributed by atoms with Gasteiger partial charge >= 0.3 is 0 Å². The third-order valence-corrected chi connectivity index (χ3v) is 5.02. The third-order valence-electron chi connectivity index (χ3n) is 5.02. The first-order valence-corrected chi connectivity index (χ1v) is 8.91. The molecule has 0 aromatic heterocycles. The van der Waals surface area contributed by atoms with Gasteiger partial charge in [0.2, 0.25) is 0 Å². The van der Waals surface area contributed by atoms with Crippen molar-refractivity contribution in [3.63, 3.8) is 0 Å². The second-order valence-electron chi connectivity index (χ2n) is 7.32. The number of hydrogen-bond acceptors (Lipinski definition) is 4. The number of aliphatic imine (C=N–C) groups is 3. The van der Waals surface area contributed by atoms with Crippen LogP contribution in [0.2, 0.25) is 0 Å². The molecule has 27 heavy (non-hydrogen) atoms. The van der Waals surface area contributed by atoms with Crippen molar-refractivity contribution in [2.75, 3.05) is 13.1 Å². The van der Waals surface area contributed by atoms with E-state index in [1.54, 1.807) is 13.1 Å². The molecule has 0 unspecified atom stereocenters. The third kappa shape index (κ3) is 4.48. The van der Waals surface area contributed by atoms with Gasteiger partial charge < -0.3 is 11.5 Å². The summed E-state index contributed by atoms with van der Waals surface area (Å²) in [5.74, 6) is 0.656. The molecule has 0 saturated heterocycles. The second-order valence-corrected chi connectivity index (χ2v) is 7.32. The zero-order valence-corrected chi connectivity index (χ0v) is 15.6. The van der Waals surface area contributed by atoms with Gasteiger partial charge in [0.1, 0.15) is 5.82 Å². The van der Waals surface area contributed by atoms with E-state index >= 15 is 0 Å². The predicted octanol–water partition coefficient (Wildman–Crippen LogP) is 2.48. The Hall–Kier alpha value is -2.83. The van der Waals surface area contributed by atoms with E-state index in [-0.39, 0.29) is 29.6 Å². The number of carbonyl (C=O) groups is 1. The Kier molecular flexibility index (Phi) is 5.21. The minimum Gasteiger partial charge on any atom is -0.404 e. The van der Waals surface area contributed by atoms with Crippen LogP contribution in [0.4, 0.5) is 4.39 Å². The number of nitrogens with zero attached hydrogens (tertiary/aromatic N) is 3. The summed E-state index contributed by atoms with van der Waals surface area (Å²) in [6.07, 6.45) is 5.77. The molecule has 6 nitrogen and oxygen atoms in total. The van der Waals surface area contributed by atoms with Gasteiger partial charge in [-0.15, -0.1) is 0 Å². The molecule has 2 saturated carbocycles. The number of carbonyl (C=O) groups excluding carboxylic acids is 1. The molecule has 1 aromatic rings. The number of ketones is 1. The van der Waals surface area contributed by atoms with Gasteiger partial charge in [0, 0.05) is 35.7 Å². The van der Waals surface area contributed by atoms with Crippen molar-refractivity contribution >= 4 is 23.7 Å². The normalized spacial score (nSPS) is 24.9. The fraction of sp³-hybridized carbons (Fsp3) is 0.400. The highest BCUT2D eigenvalue weighted by molar-refractivity contribution is 6.12. The Morgan fingerprint density at radius 3 is 2.59 bits per heavy atom. The molecule has 142 valence electrons. The zero-order chi connectivity index (χ0) is 19.6. The average molecular weight is 369 g/mol. The number of halogens is 1. The smallest absolute Gasteiger partial charge is 0.160 e. The van der Waals surface area contributed by atoms with E-state index < -0.39 is 5.82 Å². The second kappa shape index (κ2) is 7.42. The summed E-state index contributed by atoms with van der Waals surface area (Å²) in [7, 11) is 0. The van der Waals surface area contributed by atoms with E-state index in [2.05, 4.69) is 15.0 Å². The molecule has 2 fully saturated rings. The molecule has 0 heterocycles. The van der Waals surface area contributed by atoms with Crippen molar-refractivity contribution < 1.29 is 9.18 Å². The van der Waals surface area contributed by atoms with Crippen molar-refractivity contribution in [3.05, 3.63) is 46.9 Å². The molecule has 7 heteroatoms. The first kappa shape index (κ1) is 18.9. The Balaban J connectivity index is 1.81. The van der Waals surface area contributed by atoms with Crippen LogP contribution in [0.1, 0.15) is 42.6 Å². The number of nitrogens with two attached hydrogens (primary N) is 2. The molecule has 0 spiro atoms. The van der Waals surface area contributed by atoms with Gasteiger partial charge in [0.25, 0.3) is 0 Å². The van der Waals surface area contributed by atoms with E-state index in [0.29, 0.717) is 11.0 Å². The van der Waals surface area contributed by atoms with Crippen LogP contribution >= 0.6 is 0 Å². The van der Waals surface area contributed by atoms with E-state index in [4.69, 9.17) is 11.5 Å². The number of rotatable bonds is 7. The monoisotopic (exact) mass is 369 g/mol. The van der Waals surface area contributed by atoms with Gasteiger partial charge in [-0.1, -0.05) is 0 Å². The number of amidine groups is 2. The first-order chi connectivity index (χ1) is 12.8. The molecule has 2 aliphatic carbocycles. The van der Waals surface area contributed by atoms with Gasteiger partial charge in [-0.05, 0) is 56.2 Å². The molecule has 0 bridgehead atoms. The van der Waals surface area contributed by atoms with Crippen LogP contribution in [-0.4, -0.2) is 36.8 Å². The Labute approximate surface area is 158 Å². The molecule has 0 aliphatic heterocycles. The van der Waals surface area contributed by atoms with E-state index in [9.17, 15) is 9.18 Å². The summed E-state index contributed by atoms with van der Waals surface area (Å²) in [6, 6.07) is 3.92. The average Bonchev–Trinajstić information content (AvgIpc) is 3.46. The lowest BCUT2D eigenvalue weighted by Gasteiger charge is -2.08. The highest BCUT2D eigenvalue weighted by Gasteiger charge is 2.69. The maximum atomic E-state index is 13.6. The van der Waals surface area contributed by atoms with Gasteiger partial charge in [0.05, 0.1) is 12.4 Å². The molecule has 2 aliphatic rings. The minimum atomic E-state index is -0.496. The molecule has 0 radical (unpaired) electrons. The number of Topliss-reactive ketones (excluding diaryl/α,β-unsaturated/α-hetero) is 1. The molecule has 1 aromatic carbocycles. The van der Waals surface area contributed by atoms with Gasteiger partial charge in [-0.3, -0.25) is 14.8 Å². The Bertz CT molecular complexity index is 874. The van der Waals surface area contributed by atoms with Crippen molar-refractivity contribution in [1.29, 1.82) is 0 Å². The maximum absolute atomic E-state index is 13.6. The van der Waals surface area contributed by atoms with Crippen molar-refractivity contribution in [3.8, 4) is 0 Å². The van der Waals surface area contributed by atoms with Gasteiger partial charge in [0.15, 0.2) is 11.6 Å². The molecular weight excluding hydrogens is 345 g/mol. The molecule has 0 atom stereocenters. The molecule has 0 amide bonds. The topological polar surface area (TPSA) is 106 Å². The van der Waals surface area contributed by atoms with Crippen molar-refractivity contribution in [2.45, 2.75) is 26.7 Å². The lowest BCUT2D eigenvalue weighted by Crippen LogP contribution is -2.14. The van der Waals surface area contributed by atoms with Gasteiger partial charge in [-0.2, -0.15) is 0 Å². The molecular formula is C20H24FN5O. The Morgan fingerprint density at radius 1 is 1.33 bits per heavy atom. The SMILES string of the molecule is CC(=O)c1cc(F)ccc1C(N=C(C)N)=NCC(C=NCC12CC1C2)=CN. The van der Waals surface area contributed by atoms with Crippen LogP contribution in [0.25, 0.3) is 0 Å². The quantitative estimate of drug-likeness (QED) is 0.438. The number of hydrogen-bond donors (Lipinski definition) is 2. The van der Waals surface area contributed by atoms with Crippen LogP contribution in [0.5, 0.6) is 0 Å². The van der Waals surface area contributed by atoms with Crippen LogP contribution in [0, 0.1) is 17.2 Å². The standard InChI is InChI=1S/C20H24FN5O/c1-12(27)18-5-16(21)3-4-17(18)19(26-13(2)23)25-10-14(8-22)9-24-11-20-6-15(20)7-20/h3-5,8-9,15H,6-7,10-11,22H2,1-2H3,(H2,23,25,26). The molecule has 4 N–H and O–H groups in total. The summed E-state index contributed by atoms with van der Waals surface area (Å²) in [6.45, 7) is 4.05. The first-order valence-electron chi connectivity index (χ1n) is 8.91. The number of fused-ring (bicyclic) bond motifs is 1. The van der Waals surface area contributed by atoms with Crippen LogP contribution in [0.3, 0.4) is 0 Å². The largest absolute Gasteiger partial charge is 0.404 e. The van der Waals surface area contributed by atoms with E-state index in [0.717, 1.165) is 18.0 Å². The fourth-order valence-electron chi connectivity index (χ4n) is 3.06. The van der Waals surface area contributed by atoms with E-state index in [1.807, 2.05) is 0 Å². The lowest BCUT2D eigenvalue weighted by molar-refractivity contribution is 0.101. The van der Waals surface area contributed by atoms with Crippen molar-refractivity contribution in [1.82, 2.24) is 0 Å². The number of benzene rings is 1. The summed E-state index contributed by atoms with van der Waals surface area (Å²) >= 11 is 0. The summed E-state index contributed by atoms with van der Waals surface area (Å²) in [5.41, 5.74) is 13.2. The summed E-state index contributed by atoms with van der Waals surface area (Å²) in [5, 5.41) is 0. The zero-order valence-electron chi connectivity index (χ0n) is 15.6. The minimum absolute atomic E-state index is 0.207. The van der Waals surface area contributed by atoms with E-state index in [1.165, 1.54) is 44.2 Å². The predicted molar refractivity (Wildman–Crippen MR) is 106 cm³/mol. The van der Waals surface area contributed by atoms with Crippen molar-refractivity contribution in [2.24, 2.45) is 37.8 Å². The summed E-state index contributed by atoms with van der Waals surface area (Å²) < 4.78 is 13.6. The highest BCUT2D eigenvalue weighted by atomic mass is 19.1. The summed E-state index contributed by atoms with van der Waals surface area (Å²) in [4.78, 5) is 25.0. The Morgan fingerprint density at radius 2 is 2.04 bits per heavy atom. The highest BCUT2D eigenvalue weighted by Crippen LogP contribution is 2.75. The fourth-order valence-corrected chi connectivity index (χ4v) is 3.06. The molecule has 3 rings (SSSR count). The lowest BCUT2D eigenvalue weighted by atomic mass is 10.0. The maximum Gasteiger partial charge on any atom is 0.160 e. The van der Waals surface area contributed by atoms with Crippen LogP contribution < -0.4 is 11.5 Å².